The molecule has 10 aromatic carbocycles. The molecule has 68 heavy (non-hydrogen) atoms. The molecule has 314 valence electrons. The molecule has 0 unspecified atom stereocenters. The van der Waals surface area contributed by atoms with Gasteiger partial charge < -0.3 is 0 Å². The van der Waals surface area contributed by atoms with Gasteiger partial charge in [0.1, 0.15) is 6.07 Å². The molecule has 0 fully saturated rings. The summed E-state index contributed by atoms with van der Waals surface area (Å²) >= 11 is 0. The molecule has 1 heterocycles. The summed E-state index contributed by atoms with van der Waals surface area (Å²) in [6, 6.07) is 81.7. The molecule has 1 aliphatic rings. The fourth-order valence-corrected chi connectivity index (χ4v) is 9.58. The van der Waals surface area contributed by atoms with Crippen LogP contribution in [0.5, 0.6) is 0 Å². The molecule has 0 amide bonds. The van der Waals surface area contributed by atoms with Crippen molar-refractivity contribution < 1.29 is 0 Å². The van der Waals surface area contributed by atoms with E-state index in [9.17, 15) is 10.5 Å². The van der Waals surface area contributed by atoms with E-state index >= 15 is 0 Å². The minimum atomic E-state index is 0.527. The van der Waals surface area contributed by atoms with Crippen LogP contribution in [0.2, 0.25) is 0 Å². The lowest BCUT2D eigenvalue weighted by Gasteiger charge is -2.13. The first-order chi connectivity index (χ1) is 33.6. The predicted octanol–water partition coefficient (Wildman–Crippen LogP) is 15.8. The summed E-state index contributed by atoms with van der Waals surface area (Å²) in [5.74, 6) is 1.64. The minimum absolute atomic E-state index is 0.527. The molecule has 12 rings (SSSR count). The number of rotatable bonds is 8. The fourth-order valence-electron chi connectivity index (χ4n) is 9.58. The molecule has 11 aromatic rings. The van der Waals surface area contributed by atoms with Crippen LogP contribution in [0.3, 0.4) is 0 Å². The Kier molecular flexibility index (Phi) is 9.87. The van der Waals surface area contributed by atoms with Crippen molar-refractivity contribution in [3.05, 3.63) is 236 Å². The van der Waals surface area contributed by atoms with Crippen LogP contribution >= 0.6 is 0 Å². The van der Waals surface area contributed by atoms with Crippen molar-refractivity contribution >= 4 is 10.8 Å². The summed E-state index contributed by atoms with van der Waals surface area (Å²) in [6.45, 7) is 0. The first-order valence-corrected chi connectivity index (χ1v) is 22.5. The van der Waals surface area contributed by atoms with Crippen LogP contribution in [0.4, 0.5) is 0 Å². The van der Waals surface area contributed by atoms with Crippen molar-refractivity contribution in [2.24, 2.45) is 0 Å². The minimum Gasteiger partial charge on any atom is -0.208 e. The summed E-state index contributed by atoms with van der Waals surface area (Å²) in [7, 11) is 0. The molecule has 0 aliphatic heterocycles. The van der Waals surface area contributed by atoms with Crippen LogP contribution in [-0.4, -0.2) is 15.0 Å². The third-order valence-electron chi connectivity index (χ3n) is 13.0. The van der Waals surface area contributed by atoms with Gasteiger partial charge in [0.2, 0.25) is 0 Å². The van der Waals surface area contributed by atoms with Gasteiger partial charge in [0, 0.05) is 27.8 Å². The van der Waals surface area contributed by atoms with Crippen LogP contribution in [0.1, 0.15) is 11.1 Å². The average molecular weight is 864 g/mol. The van der Waals surface area contributed by atoms with E-state index in [1.807, 2.05) is 115 Å². The van der Waals surface area contributed by atoms with Gasteiger partial charge in [-0.3, -0.25) is 0 Å². The van der Waals surface area contributed by atoms with Crippen LogP contribution in [0.15, 0.2) is 224 Å². The van der Waals surface area contributed by atoms with Gasteiger partial charge >= 0.3 is 0 Å². The molecule has 0 bridgehead atoms. The second-order valence-electron chi connectivity index (χ2n) is 17.0. The van der Waals surface area contributed by atoms with E-state index in [0.29, 0.717) is 28.6 Å². The van der Waals surface area contributed by atoms with Crippen LogP contribution in [0, 0.1) is 22.7 Å². The predicted molar refractivity (Wildman–Crippen MR) is 275 cm³/mol. The molecule has 0 spiro atoms. The van der Waals surface area contributed by atoms with E-state index in [2.05, 4.69) is 121 Å². The highest BCUT2D eigenvalue weighted by atomic mass is 15.0. The number of nitriles is 2. The lowest BCUT2D eigenvalue weighted by Crippen LogP contribution is -2.00. The van der Waals surface area contributed by atoms with Gasteiger partial charge in [-0.2, -0.15) is 10.5 Å². The Balaban J connectivity index is 0.861. The molecule has 0 atom stereocenters. The Morgan fingerprint density at radius 2 is 0.691 bits per heavy atom. The maximum absolute atomic E-state index is 10.8. The SMILES string of the molecule is N#Cc1ccc(-c2ccc(-c3nc(-c4ccccc4)nc(-c4cccc(-c5cccc(-c6cccc(-c7ccc(-c8cc9c%10c(cccc%10c8)-c8ccccc8-9)cc7)c6)c5C#N)c4)n3)cc2)cc1. The summed E-state index contributed by atoms with van der Waals surface area (Å²) in [6.07, 6.45) is 0. The summed E-state index contributed by atoms with van der Waals surface area (Å²) in [4.78, 5) is 15.0. The second-order valence-corrected chi connectivity index (χ2v) is 17.0. The zero-order chi connectivity index (χ0) is 45.6. The lowest BCUT2D eigenvalue weighted by atomic mass is 9.90. The van der Waals surface area contributed by atoms with E-state index in [-0.39, 0.29) is 0 Å². The summed E-state index contributed by atoms with van der Waals surface area (Å²) in [5, 5.41) is 22.7. The zero-order valence-corrected chi connectivity index (χ0v) is 36.6. The quantitative estimate of drug-likeness (QED) is 0.152. The highest BCUT2D eigenvalue weighted by Gasteiger charge is 2.22. The zero-order valence-electron chi connectivity index (χ0n) is 36.6. The number of hydrogen-bond acceptors (Lipinski definition) is 5. The van der Waals surface area contributed by atoms with Crippen LogP contribution in [0.25, 0.3) is 123 Å². The molecule has 1 aromatic heterocycles. The van der Waals surface area contributed by atoms with Gasteiger partial charge in [0.05, 0.1) is 17.2 Å². The normalized spacial score (nSPS) is 11.2. The van der Waals surface area contributed by atoms with Crippen molar-refractivity contribution in [3.63, 3.8) is 0 Å². The fraction of sp³-hybridized carbons (Fsp3) is 0. The monoisotopic (exact) mass is 863 g/mol. The average Bonchev–Trinajstić information content (AvgIpc) is 3.75. The van der Waals surface area contributed by atoms with E-state index in [4.69, 9.17) is 15.0 Å². The van der Waals surface area contributed by atoms with Crippen LogP contribution in [-0.2, 0) is 0 Å². The third-order valence-corrected chi connectivity index (χ3v) is 13.0. The third kappa shape index (κ3) is 7.18. The first-order valence-electron chi connectivity index (χ1n) is 22.5. The van der Waals surface area contributed by atoms with Crippen molar-refractivity contribution in [2.45, 2.75) is 0 Å². The van der Waals surface area contributed by atoms with Crippen molar-refractivity contribution in [2.75, 3.05) is 0 Å². The van der Waals surface area contributed by atoms with E-state index < -0.39 is 0 Å². The smallest absolute Gasteiger partial charge is 0.164 e. The number of aromatic nitrogens is 3. The number of nitrogens with zero attached hydrogens (tertiary/aromatic N) is 5. The second kappa shape index (κ2) is 16.8. The van der Waals surface area contributed by atoms with Crippen LogP contribution < -0.4 is 0 Å². The first kappa shape index (κ1) is 40.0. The Morgan fingerprint density at radius 1 is 0.265 bits per heavy atom. The number of hydrogen-bond donors (Lipinski definition) is 0. The van der Waals surface area contributed by atoms with Crippen molar-refractivity contribution in [1.82, 2.24) is 15.0 Å². The molecule has 0 saturated heterocycles. The van der Waals surface area contributed by atoms with Gasteiger partial charge in [-0.05, 0) is 114 Å². The molecular weight excluding hydrogens is 827 g/mol. The lowest BCUT2D eigenvalue weighted by molar-refractivity contribution is 1.07. The topological polar surface area (TPSA) is 86.2 Å². The van der Waals surface area contributed by atoms with Gasteiger partial charge in [-0.1, -0.05) is 188 Å². The molecular formula is C63H37N5. The maximum Gasteiger partial charge on any atom is 0.164 e. The number of fused-ring (bicyclic) bond motifs is 3. The molecule has 1 aliphatic carbocycles. The largest absolute Gasteiger partial charge is 0.208 e. The molecule has 0 saturated carbocycles. The standard InChI is InChI=1S/C63H37N5/c64-38-40-22-24-41(25-23-40)42-30-32-46(33-31-42)62-66-61(45-10-2-1-3-11-45)67-63(68-62)51-16-7-14-49(35-51)54-20-9-19-53(59(54)39-65)48-13-6-12-47(34-48)43-26-28-44(29-27-43)52-36-50-15-8-21-57-55-17-4-5-18-56(55)58(37-52)60(50)57/h1-37H. The highest BCUT2D eigenvalue weighted by molar-refractivity contribution is 6.16. The summed E-state index contributed by atoms with van der Waals surface area (Å²) < 4.78 is 0. The highest BCUT2D eigenvalue weighted by Crippen LogP contribution is 2.48. The Hall–Kier alpha value is -9.55. The maximum atomic E-state index is 10.8. The Bertz CT molecular complexity index is 3840. The van der Waals surface area contributed by atoms with E-state index in [1.165, 1.54) is 44.2 Å². The molecule has 0 N–H and O–H groups in total. The van der Waals surface area contributed by atoms with Gasteiger partial charge in [0.25, 0.3) is 0 Å². The number of benzene rings is 10. The molecule has 0 radical (unpaired) electrons. The molecule has 5 heteroatoms. The van der Waals surface area contributed by atoms with Crippen molar-refractivity contribution in [1.29, 1.82) is 10.5 Å². The summed E-state index contributed by atoms with van der Waals surface area (Å²) in [5.41, 5.74) is 19.0. The Morgan fingerprint density at radius 3 is 1.32 bits per heavy atom. The van der Waals surface area contributed by atoms with Crippen molar-refractivity contribution in [3.8, 4) is 124 Å². The van der Waals surface area contributed by atoms with E-state index in [0.717, 1.165) is 61.2 Å². The van der Waals surface area contributed by atoms with E-state index in [1.54, 1.807) is 0 Å². The molecule has 5 nitrogen and oxygen atoms in total. The van der Waals surface area contributed by atoms with Gasteiger partial charge in [-0.25, -0.2) is 15.0 Å². The Labute approximate surface area is 394 Å². The van der Waals surface area contributed by atoms with Gasteiger partial charge in [-0.15, -0.1) is 0 Å². The van der Waals surface area contributed by atoms with Gasteiger partial charge in [0.15, 0.2) is 17.5 Å².